The van der Waals surface area contributed by atoms with Crippen LogP contribution < -0.4 is 5.32 Å². The van der Waals surface area contributed by atoms with Gasteiger partial charge < -0.3 is 5.32 Å². The SMILES string of the molecule is CC(=O)NC(C)c1ccc(CCCCCF)cc1. The average Bonchev–Trinajstić information content (AvgIpc) is 2.34. The first kappa shape index (κ1) is 14.7. The fourth-order valence-electron chi connectivity index (χ4n) is 1.96. The van der Waals surface area contributed by atoms with Crippen molar-refractivity contribution in [3.8, 4) is 0 Å². The van der Waals surface area contributed by atoms with Crippen LogP contribution in [0.5, 0.6) is 0 Å². The molecular formula is C15H22FNO. The standard InChI is InChI=1S/C15H22FNO/c1-12(17-13(2)18)15-9-7-14(8-10-15)6-4-3-5-11-16/h7-10,12H,3-6,11H2,1-2H3,(H,17,18). The lowest BCUT2D eigenvalue weighted by molar-refractivity contribution is -0.119. The predicted octanol–water partition coefficient (Wildman–Crippen LogP) is 3.57. The highest BCUT2D eigenvalue weighted by Crippen LogP contribution is 2.14. The largest absolute Gasteiger partial charge is 0.350 e. The van der Waals surface area contributed by atoms with E-state index in [1.807, 2.05) is 19.1 Å². The van der Waals surface area contributed by atoms with Gasteiger partial charge in [-0.25, -0.2) is 0 Å². The van der Waals surface area contributed by atoms with Gasteiger partial charge in [-0.05, 0) is 37.3 Å². The molecule has 3 heteroatoms. The first-order valence-electron chi connectivity index (χ1n) is 6.55. The number of hydrogen-bond acceptors (Lipinski definition) is 1. The number of amides is 1. The molecule has 1 aromatic rings. The number of benzene rings is 1. The summed E-state index contributed by atoms with van der Waals surface area (Å²) < 4.78 is 11.9. The quantitative estimate of drug-likeness (QED) is 0.737. The van der Waals surface area contributed by atoms with Gasteiger partial charge in [-0.15, -0.1) is 0 Å². The molecule has 1 N–H and O–H groups in total. The van der Waals surface area contributed by atoms with Crippen LogP contribution in [-0.2, 0) is 11.2 Å². The normalized spacial score (nSPS) is 12.2. The Kier molecular flexibility index (Phi) is 6.40. The number of unbranched alkanes of at least 4 members (excludes halogenated alkanes) is 2. The third-order valence-electron chi connectivity index (χ3n) is 3.00. The van der Waals surface area contributed by atoms with E-state index in [-0.39, 0.29) is 18.6 Å². The lowest BCUT2D eigenvalue weighted by atomic mass is 10.0. The van der Waals surface area contributed by atoms with Gasteiger partial charge in [0.1, 0.15) is 0 Å². The molecule has 100 valence electrons. The molecule has 1 rings (SSSR count). The number of rotatable bonds is 7. The van der Waals surface area contributed by atoms with E-state index in [1.165, 1.54) is 12.5 Å². The van der Waals surface area contributed by atoms with E-state index < -0.39 is 0 Å². The zero-order valence-electron chi connectivity index (χ0n) is 11.2. The van der Waals surface area contributed by atoms with E-state index in [0.717, 1.165) is 24.8 Å². The van der Waals surface area contributed by atoms with Crippen molar-refractivity contribution < 1.29 is 9.18 Å². The van der Waals surface area contributed by atoms with Crippen molar-refractivity contribution in [1.82, 2.24) is 5.32 Å². The highest BCUT2D eigenvalue weighted by Gasteiger charge is 2.05. The van der Waals surface area contributed by atoms with Crippen LogP contribution in [0.2, 0.25) is 0 Å². The number of carbonyl (C=O) groups is 1. The summed E-state index contributed by atoms with van der Waals surface area (Å²) in [6, 6.07) is 8.31. The Hall–Kier alpha value is -1.38. The minimum absolute atomic E-state index is 0.0159. The van der Waals surface area contributed by atoms with Crippen LogP contribution in [-0.4, -0.2) is 12.6 Å². The van der Waals surface area contributed by atoms with Gasteiger partial charge in [-0.2, -0.15) is 0 Å². The molecule has 0 aliphatic rings. The second-order valence-corrected chi connectivity index (χ2v) is 4.66. The van der Waals surface area contributed by atoms with Gasteiger partial charge in [-0.1, -0.05) is 30.7 Å². The molecule has 18 heavy (non-hydrogen) atoms. The maximum absolute atomic E-state index is 11.9. The molecule has 1 unspecified atom stereocenters. The summed E-state index contributed by atoms with van der Waals surface area (Å²) in [5, 5.41) is 2.86. The monoisotopic (exact) mass is 251 g/mol. The topological polar surface area (TPSA) is 29.1 Å². The number of carbonyl (C=O) groups excluding carboxylic acids is 1. The van der Waals surface area contributed by atoms with E-state index in [9.17, 15) is 9.18 Å². The Morgan fingerprint density at radius 1 is 1.22 bits per heavy atom. The Bertz CT molecular complexity index is 361. The molecule has 0 spiro atoms. The van der Waals surface area contributed by atoms with Gasteiger partial charge in [0.15, 0.2) is 0 Å². The highest BCUT2D eigenvalue weighted by atomic mass is 19.1. The van der Waals surface area contributed by atoms with Crippen LogP contribution in [0.4, 0.5) is 4.39 Å². The number of alkyl halides is 1. The molecule has 0 saturated heterocycles. The lowest BCUT2D eigenvalue weighted by Gasteiger charge is -2.13. The fraction of sp³-hybridized carbons (Fsp3) is 0.533. The minimum Gasteiger partial charge on any atom is -0.350 e. The fourth-order valence-corrected chi connectivity index (χ4v) is 1.96. The van der Waals surface area contributed by atoms with Crippen LogP contribution >= 0.6 is 0 Å². The second-order valence-electron chi connectivity index (χ2n) is 4.66. The number of hydrogen-bond donors (Lipinski definition) is 1. The smallest absolute Gasteiger partial charge is 0.217 e. The zero-order valence-corrected chi connectivity index (χ0v) is 11.2. The first-order valence-corrected chi connectivity index (χ1v) is 6.55. The molecule has 0 saturated carbocycles. The van der Waals surface area contributed by atoms with Crippen molar-refractivity contribution in [2.75, 3.05) is 6.67 Å². The van der Waals surface area contributed by atoms with Crippen molar-refractivity contribution in [3.63, 3.8) is 0 Å². The number of aryl methyl sites for hydroxylation is 1. The number of halogens is 1. The van der Waals surface area contributed by atoms with Gasteiger partial charge in [-0.3, -0.25) is 9.18 Å². The van der Waals surface area contributed by atoms with E-state index in [0.29, 0.717) is 6.42 Å². The maximum Gasteiger partial charge on any atom is 0.217 e. The molecular weight excluding hydrogens is 229 g/mol. The summed E-state index contributed by atoms with van der Waals surface area (Å²) in [5.74, 6) is -0.0159. The summed E-state index contributed by atoms with van der Waals surface area (Å²) in [6.07, 6.45) is 3.64. The van der Waals surface area contributed by atoms with E-state index in [1.54, 1.807) is 0 Å². The van der Waals surface area contributed by atoms with Crippen LogP contribution in [0.1, 0.15) is 50.3 Å². The summed E-state index contributed by atoms with van der Waals surface area (Å²) in [5.41, 5.74) is 2.38. The van der Waals surface area contributed by atoms with Crippen LogP contribution in [0, 0.1) is 0 Å². The van der Waals surface area contributed by atoms with Crippen molar-refractivity contribution in [3.05, 3.63) is 35.4 Å². The van der Waals surface area contributed by atoms with Crippen LogP contribution in [0.15, 0.2) is 24.3 Å². The molecule has 0 heterocycles. The van der Waals surface area contributed by atoms with Crippen molar-refractivity contribution in [2.24, 2.45) is 0 Å². The molecule has 0 aliphatic heterocycles. The summed E-state index contributed by atoms with van der Waals surface area (Å²) >= 11 is 0. The van der Waals surface area contributed by atoms with Gasteiger partial charge in [0.25, 0.3) is 0 Å². The van der Waals surface area contributed by atoms with Crippen molar-refractivity contribution in [2.45, 2.75) is 45.6 Å². The Morgan fingerprint density at radius 3 is 2.44 bits per heavy atom. The molecule has 1 amide bonds. The summed E-state index contributed by atoms with van der Waals surface area (Å²) in [6.45, 7) is 3.28. The van der Waals surface area contributed by atoms with E-state index >= 15 is 0 Å². The third kappa shape index (κ3) is 5.30. The molecule has 0 fully saturated rings. The molecule has 0 bridgehead atoms. The Balaban J connectivity index is 2.44. The second kappa shape index (κ2) is 7.85. The molecule has 0 radical (unpaired) electrons. The van der Waals surface area contributed by atoms with Gasteiger partial charge in [0.05, 0.1) is 12.7 Å². The minimum atomic E-state index is -0.215. The van der Waals surface area contributed by atoms with Gasteiger partial charge in [0.2, 0.25) is 5.91 Å². The first-order chi connectivity index (χ1) is 8.63. The summed E-state index contributed by atoms with van der Waals surface area (Å²) in [4.78, 5) is 11.0. The molecule has 2 nitrogen and oxygen atoms in total. The highest BCUT2D eigenvalue weighted by molar-refractivity contribution is 5.73. The van der Waals surface area contributed by atoms with Crippen molar-refractivity contribution in [1.29, 1.82) is 0 Å². The van der Waals surface area contributed by atoms with Crippen LogP contribution in [0.3, 0.4) is 0 Å². The van der Waals surface area contributed by atoms with Gasteiger partial charge >= 0.3 is 0 Å². The lowest BCUT2D eigenvalue weighted by Crippen LogP contribution is -2.23. The van der Waals surface area contributed by atoms with Gasteiger partial charge in [0, 0.05) is 6.92 Å². The molecule has 0 aromatic heterocycles. The number of nitrogens with one attached hydrogen (secondary N) is 1. The van der Waals surface area contributed by atoms with Crippen molar-refractivity contribution >= 4 is 5.91 Å². The van der Waals surface area contributed by atoms with E-state index in [2.05, 4.69) is 17.4 Å². The van der Waals surface area contributed by atoms with Crippen LogP contribution in [0.25, 0.3) is 0 Å². The average molecular weight is 251 g/mol. The van der Waals surface area contributed by atoms with E-state index in [4.69, 9.17) is 0 Å². The zero-order chi connectivity index (χ0) is 13.4. The third-order valence-corrected chi connectivity index (χ3v) is 3.00. The Labute approximate surface area is 109 Å². The maximum atomic E-state index is 11.9. The molecule has 1 aromatic carbocycles. The molecule has 1 atom stereocenters. The predicted molar refractivity (Wildman–Crippen MR) is 72.2 cm³/mol. The summed E-state index contributed by atoms with van der Waals surface area (Å²) in [7, 11) is 0. The molecule has 0 aliphatic carbocycles. The Morgan fingerprint density at radius 2 is 1.89 bits per heavy atom.